The first kappa shape index (κ1) is 15.8. The van der Waals surface area contributed by atoms with Crippen LogP contribution in [0.15, 0.2) is 5.10 Å². The zero-order valence-corrected chi connectivity index (χ0v) is 7.10. The minimum absolute atomic E-state index is 1.50. The molecular weight excluding hydrogens is 114 g/mol. The van der Waals surface area contributed by atoms with Crippen LogP contribution < -0.4 is 11.2 Å². The SMILES string of the molecule is C/C=N\NC.CC.CN. The van der Waals surface area contributed by atoms with Gasteiger partial charge in [-0.25, -0.2) is 0 Å². The fraction of sp³-hybridized carbons (Fsp3) is 0.833. The van der Waals surface area contributed by atoms with E-state index in [1.54, 1.807) is 13.3 Å². The molecule has 58 valence electrons. The quantitative estimate of drug-likeness (QED) is 0.411. The van der Waals surface area contributed by atoms with E-state index in [0.717, 1.165) is 0 Å². The lowest BCUT2D eigenvalue weighted by atomic mass is 10.9. The van der Waals surface area contributed by atoms with Crippen molar-refractivity contribution in [2.75, 3.05) is 14.1 Å². The van der Waals surface area contributed by atoms with Crippen molar-refractivity contribution in [3.63, 3.8) is 0 Å². The molecule has 0 saturated carbocycles. The highest BCUT2D eigenvalue weighted by Crippen LogP contribution is 1.41. The zero-order valence-electron chi connectivity index (χ0n) is 7.10. The predicted octanol–water partition coefficient (Wildman–Crippen LogP) is 0.813. The molecule has 3 nitrogen and oxygen atoms in total. The summed E-state index contributed by atoms with van der Waals surface area (Å²) in [6.45, 7) is 5.86. The Morgan fingerprint density at radius 3 is 1.67 bits per heavy atom. The summed E-state index contributed by atoms with van der Waals surface area (Å²) in [5, 5.41) is 3.60. The molecule has 0 aromatic carbocycles. The van der Waals surface area contributed by atoms with E-state index in [4.69, 9.17) is 0 Å². The largest absolute Gasteiger partial charge is 0.333 e. The summed E-state index contributed by atoms with van der Waals surface area (Å²) in [5.41, 5.74) is 7.09. The van der Waals surface area contributed by atoms with Gasteiger partial charge in [0.15, 0.2) is 0 Å². The molecule has 3 heteroatoms. The summed E-state index contributed by atoms with van der Waals surface area (Å²) in [6.07, 6.45) is 1.69. The monoisotopic (exact) mass is 133 g/mol. The van der Waals surface area contributed by atoms with Crippen LogP contribution in [0, 0.1) is 0 Å². The average Bonchev–Trinajstić information content (AvgIpc) is 1.98. The number of hydrazone groups is 1. The number of nitrogens with one attached hydrogen (secondary N) is 1. The number of nitrogens with two attached hydrogens (primary N) is 1. The molecule has 0 saturated heterocycles. The Morgan fingerprint density at radius 2 is 1.67 bits per heavy atom. The van der Waals surface area contributed by atoms with Crippen LogP contribution in [0.4, 0.5) is 0 Å². The van der Waals surface area contributed by atoms with Crippen LogP contribution in [0.3, 0.4) is 0 Å². The second-order valence-electron chi connectivity index (χ2n) is 0.611. The first-order valence-electron chi connectivity index (χ1n) is 3.14. The Balaban J connectivity index is -0.0000000771. The van der Waals surface area contributed by atoms with Gasteiger partial charge in [-0.3, -0.25) is 0 Å². The lowest BCUT2D eigenvalue weighted by molar-refractivity contribution is 0.906. The van der Waals surface area contributed by atoms with Crippen molar-refractivity contribution in [1.82, 2.24) is 5.43 Å². The lowest BCUT2D eigenvalue weighted by Gasteiger charge is -1.75. The minimum atomic E-state index is 1.50. The van der Waals surface area contributed by atoms with Crippen molar-refractivity contribution in [3.05, 3.63) is 0 Å². The van der Waals surface area contributed by atoms with Gasteiger partial charge in [0.1, 0.15) is 0 Å². The molecule has 0 aliphatic heterocycles. The van der Waals surface area contributed by atoms with E-state index in [9.17, 15) is 0 Å². The van der Waals surface area contributed by atoms with Crippen LogP contribution in [0.2, 0.25) is 0 Å². The van der Waals surface area contributed by atoms with E-state index in [1.165, 1.54) is 7.05 Å². The Morgan fingerprint density at radius 1 is 1.33 bits per heavy atom. The van der Waals surface area contributed by atoms with Gasteiger partial charge < -0.3 is 11.2 Å². The molecule has 0 fully saturated rings. The van der Waals surface area contributed by atoms with E-state index in [0.29, 0.717) is 0 Å². The topological polar surface area (TPSA) is 50.4 Å². The molecule has 0 amide bonds. The summed E-state index contributed by atoms with van der Waals surface area (Å²) in [7, 11) is 3.26. The summed E-state index contributed by atoms with van der Waals surface area (Å²) >= 11 is 0. The van der Waals surface area contributed by atoms with E-state index in [2.05, 4.69) is 16.3 Å². The van der Waals surface area contributed by atoms with Crippen LogP contribution in [0.5, 0.6) is 0 Å². The summed E-state index contributed by atoms with van der Waals surface area (Å²) in [6, 6.07) is 0. The maximum atomic E-state index is 4.50. The second kappa shape index (κ2) is 52.0. The molecule has 0 atom stereocenters. The van der Waals surface area contributed by atoms with Gasteiger partial charge in [-0.05, 0) is 14.0 Å². The molecule has 3 N–H and O–H groups in total. The maximum absolute atomic E-state index is 4.50. The van der Waals surface area contributed by atoms with Crippen molar-refractivity contribution < 1.29 is 0 Å². The Labute approximate surface area is 58.3 Å². The number of rotatable bonds is 1. The molecule has 0 aliphatic carbocycles. The lowest BCUT2D eigenvalue weighted by Crippen LogP contribution is -1.90. The van der Waals surface area contributed by atoms with E-state index in [1.807, 2.05) is 20.8 Å². The maximum Gasteiger partial charge on any atom is 0.0217 e. The fourth-order valence-corrected chi connectivity index (χ4v) is 0.129. The second-order valence-corrected chi connectivity index (χ2v) is 0.611. The zero-order chi connectivity index (χ0) is 8.12. The van der Waals surface area contributed by atoms with Crippen molar-refractivity contribution in [3.8, 4) is 0 Å². The molecule has 0 aliphatic rings. The van der Waals surface area contributed by atoms with Gasteiger partial charge in [-0.15, -0.1) is 0 Å². The van der Waals surface area contributed by atoms with Crippen LogP contribution in [0.1, 0.15) is 20.8 Å². The molecule has 0 rings (SSSR count). The predicted molar refractivity (Wildman–Crippen MR) is 44.7 cm³/mol. The minimum Gasteiger partial charge on any atom is -0.333 e. The Kier molecular flexibility index (Phi) is 91.2. The molecule has 9 heavy (non-hydrogen) atoms. The summed E-state index contributed by atoms with van der Waals surface area (Å²) in [4.78, 5) is 0. The molecule has 0 bridgehead atoms. The summed E-state index contributed by atoms with van der Waals surface area (Å²) < 4.78 is 0. The molecular formula is C6H19N3. The third-order valence-corrected chi connectivity index (χ3v) is 0.258. The normalized spacial score (nSPS) is 6.44. The van der Waals surface area contributed by atoms with Gasteiger partial charge in [-0.2, -0.15) is 5.10 Å². The first-order valence-corrected chi connectivity index (χ1v) is 3.14. The standard InChI is InChI=1S/C3H8N2.C2H6.CH5N/c1-3-5-4-2;2*1-2/h3-4H,1-2H3;1-2H3;2H2,1H3/b5-3-;;. The average molecular weight is 133 g/mol. The Hall–Kier alpha value is -0.570. The highest BCUT2D eigenvalue weighted by Gasteiger charge is 1.44. The molecule has 0 heterocycles. The molecule has 0 aromatic rings. The van der Waals surface area contributed by atoms with Gasteiger partial charge in [-0.1, -0.05) is 13.8 Å². The number of nitrogens with zero attached hydrogens (tertiary/aromatic N) is 1. The smallest absolute Gasteiger partial charge is 0.0217 e. The van der Waals surface area contributed by atoms with Crippen LogP contribution >= 0.6 is 0 Å². The summed E-state index contributed by atoms with van der Waals surface area (Å²) in [5.74, 6) is 0. The van der Waals surface area contributed by atoms with Crippen molar-refractivity contribution in [1.29, 1.82) is 0 Å². The third kappa shape index (κ3) is 107. The fourth-order valence-electron chi connectivity index (χ4n) is 0.129. The third-order valence-electron chi connectivity index (χ3n) is 0.258. The van der Waals surface area contributed by atoms with Crippen molar-refractivity contribution >= 4 is 6.21 Å². The number of hydrogen-bond donors (Lipinski definition) is 2. The Bertz CT molecular complexity index is 35.3. The molecule has 0 aromatic heterocycles. The number of hydrogen-bond acceptors (Lipinski definition) is 3. The highest BCUT2D eigenvalue weighted by atomic mass is 15.2. The first-order chi connectivity index (χ1) is 4.41. The van der Waals surface area contributed by atoms with Crippen LogP contribution in [-0.2, 0) is 0 Å². The van der Waals surface area contributed by atoms with Gasteiger partial charge >= 0.3 is 0 Å². The van der Waals surface area contributed by atoms with Crippen LogP contribution in [-0.4, -0.2) is 20.3 Å². The van der Waals surface area contributed by atoms with E-state index in [-0.39, 0.29) is 0 Å². The van der Waals surface area contributed by atoms with Gasteiger partial charge in [0.25, 0.3) is 0 Å². The van der Waals surface area contributed by atoms with E-state index < -0.39 is 0 Å². The van der Waals surface area contributed by atoms with E-state index >= 15 is 0 Å². The van der Waals surface area contributed by atoms with Crippen molar-refractivity contribution in [2.24, 2.45) is 10.8 Å². The highest BCUT2D eigenvalue weighted by molar-refractivity contribution is 5.52. The van der Waals surface area contributed by atoms with Gasteiger partial charge in [0.2, 0.25) is 0 Å². The molecule has 0 radical (unpaired) electrons. The van der Waals surface area contributed by atoms with Crippen molar-refractivity contribution in [2.45, 2.75) is 20.8 Å². The van der Waals surface area contributed by atoms with Crippen LogP contribution in [0.25, 0.3) is 0 Å². The van der Waals surface area contributed by atoms with Gasteiger partial charge in [0, 0.05) is 13.3 Å². The molecule has 0 spiro atoms. The van der Waals surface area contributed by atoms with Gasteiger partial charge in [0.05, 0.1) is 0 Å². The molecule has 0 unspecified atom stereocenters.